The Kier molecular flexibility index (Phi) is 3.30. The number of methoxy groups -OCH3 is 1. The fourth-order valence-electron chi connectivity index (χ4n) is 2.73. The van der Waals surface area contributed by atoms with Gasteiger partial charge >= 0.3 is 0 Å². The van der Waals surface area contributed by atoms with Crippen LogP contribution in [0.4, 0.5) is 0 Å². The molecule has 0 fully saturated rings. The molecule has 4 heteroatoms. The molecule has 1 heterocycles. The number of Topliss-reactive ketones (excluding diaryl/α,β-unsaturated/α-hetero) is 1. The van der Waals surface area contributed by atoms with Crippen LogP contribution in [0.25, 0.3) is 0 Å². The lowest BCUT2D eigenvalue weighted by Crippen LogP contribution is -2.20. The van der Waals surface area contributed by atoms with Crippen LogP contribution in [-0.2, 0) is 13.0 Å². The monoisotopic (exact) mass is 270 g/mol. The Hall–Kier alpha value is -2.10. The van der Waals surface area contributed by atoms with Gasteiger partial charge in [-0.2, -0.15) is 5.10 Å². The Labute approximate surface area is 118 Å². The summed E-state index contributed by atoms with van der Waals surface area (Å²) in [6.45, 7) is 2.81. The first-order valence-electron chi connectivity index (χ1n) is 6.88. The van der Waals surface area contributed by atoms with Crippen molar-refractivity contribution in [3.8, 4) is 5.75 Å². The van der Waals surface area contributed by atoms with Crippen molar-refractivity contribution in [2.75, 3.05) is 7.11 Å². The first-order valence-corrected chi connectivity index (χ1v) is 6.88. The van der Waals surface area contributed by atoms with Crippen LogP contribution in [0.5, 0.6) is 5.75 Å². The van der Waals surface area contributed by atoms with E-state index in [2.05, 4.69) is 12.0 Å². The molecular formula is C16H18N2O2. The number of hydrogen-bond acceptors (Lipinski definition) is 3. The normalized spacial score (nSPS) is 17.9. The van der Waals surface area contributed by atoms with Gasteiger partial charge in [0.1, 0.15) is 5.75 Å². The molecule has 0 aliphatic heterocycles. The lowest BCUT2D eigenvalue weighted by atomic mass is 9.88. The van der Waals surface area contributed by atoms with Crippen LogP contribution in [0.1, 0.15) is 35.0 Å². The van der Waals surface area contributed by atoms with Crippen molar-refractivity contribution < 1.29 is 9.53 Å². The maximum absolute atomic E-state index is 12.0. The van der Waals surface area contributed by atoms with Gasteiger partial charge in [-0.15, -0.1) is 0 Å². The van der Waals surface area contributed by atoms with Crippen molar-refractivity contribution in [3.63, 3.8) is 0 Å². The summed E-state index contributed by atoms with van der Waals surface area (Å²) in [7, 11) is 1.66. The van der Waals surface area contributed by atoms with E-state index in [-0.39, 0.29) is 5.78 Å². The highest BCUT2D eigenvalue weighted by Crippen LogP contribution is 2.25. The minimum absolute atomic E-state index is 0.222. The predicted octanol–water partition coefficient (Wildman–Crippen LogP) is 2.71. The Morgan fingerprint density at radius 2 is 2.05 bits per heavy atom. The lowest BCUT2D eigenvalue weighted by Gasteiger charge is -2.18. The number of benzene rings is 1. The summed E-state index contributed by atoms with van der Waals surface area (Å²) in [6, 6.07) is 7.94. The molecule has 1 atom stereocenters. The zero-order valence-corrected chi connectivity index (χ0v) is 11.8. The molecule has 2 aromatic rings. The van der Waals surface area contributed by atoms with Crippen molar-refractivity contribution in [2.24, 2.45) is 5.92 Å². The van der Waals surface area contributed by atoms with Crippen molar-refractivity contribution in [2.45, 2.75) is 26.3 Å². The van der Waals surface area contributed by atoms with Gasteiger partial charge in [-0.25, -0.2) is 0 Å². The van der Waals surface area contributed by atoms with Crippen LogP contribution in [0.15, 0.2) is 30.5 Å². The molecule has 0 unspecified atom stereocenters. The molecule has 0 bridgehead atoms. The summed E-state index contributed by atoms with van der Waals surface area (Å²) >= 11 is 0. The molecule has 104 valence electrons. The molecule has 0 amide bonds. The molecule has 3 rings (SSSR count). The van der Waals surface area contributed by atoms with E-state index in [1.54, 1.807) is 13.3 Å². The summed E-state index contributed by atoms with van der Waals surface area (Å²) in [5, 5.41) is 4.39. The third-order valence-corrected chi connectivity index (χ3v) is 3.82. The van der Waals surface area contributed by atoms with Crippen molar-refractivity contribution in [1.29, 1.82) is 0 Å². The number of nitrogens with zero attached hydrogens (tertiary/aromatic N) is 2. The van der Waals surface area contributed by atoms with E-state index in [4.69, 9.17) is 4.74 Å². The highest BCUT2D eigenvalue weighted by molar-refractivity contribution is 5.98. The van der Waals surface area contributed by atoms with Gasteiger partial charge in [0, 0.05) is 12.1 Å². The highest BCUT2D eigenvalue weighted by atomic mass is 16.5. The number of ketones is 1. The second-order valence-electron chi connectivity index (χ2n) is 5.45. The highest BCUT2D eigenvalue weighted by Gasteiger charge is 2.26. The Morgan fingerprint density at radius 3 is 2.75 bits per heavy atom. The van der Waals surface area contributed by atoms with E-state index < -0.39 is 0 Å². The molecule has 4 nitrogen and oxygen atoms in total. The molecule has 20 heavy (non-hydrogen) atoms. The topological polar surface area (TPSA) is 44.1 Å². The molecule has 0 radical (unpaired) electrons. The van der Waals surface area contributed by atoms with Crippen LogP contribution in [-0.4, -0.2) is 22.7 Å². The van der Waals surface area contributed by atoms with E-state index in [9.17, 15) is 4.79 Å². The molecular weight excluding hydrogens is 252 g/mol. The van der Waals surface area contributed by atoms with Gasteiger partial charge < -0.3 is 4.74 Å². The average molecular weight is 270 g/mol. The van der Waals surface area contributed by atoms with E-state index in [1.807, 2.05) is 28.9 Å². The van der Waals surface area contributed by atoms with Gasteiger partial charge in [-0.05, 0) is 30.0 Å². The molecule has 0 spiro atoms. The van der Waals surface area contributed by atoms with E-state index in [0.29, 0.717) is 18.9 Å². The van der Waals surface area contributed by atoms with Gasteiger partial charge in [0.05, 0.1) is 25.4 Å². The minimum atomic E-state index is 0.222. The average Bonchev–Trinajstić information content (AvgIpc) is 2.83. The molecule has 1 aliphatic rings. The SMILES string of the molecule is COc1ccc(Cn2ncc3c2C[C@H](C)CC3=O)cc1. The zero-order valence-electron chi connectivity index (χ0n) is 11.8. The van der Waals surface area contributed by atoms with Gasteiger partial charge in [0.25, 0.3) is 0 Å². The fourth-order valence-corrected chi connectivity index (χ4v) is 2.73. The maximum Gasteiger partial charge on any atom is 0.166 e. The van der Waals surface area contributed by atoms with Crippen LogP contribution in [0.3, 0.4) is 0 Å². The van der Waals surface area contributed by atoms with Crippen LogP contribution in [0.2, 0.25) is 0 Å². The van der Waals surface area contributed by atoms with Crippen LogP contribution >= 0.6 is 0 Å². The first-order chi connectivity index (χ1) is 9.67. The minimum Gasteiger partial charge on any atom is -0.497 e. The largest absolute Gasteiger partial charge is 0.497 e. The Balaban J connectivity index is 1.86. The van der Waals surface area contributed by atoms with Gasteiger partial charge in [-0.3, -0.25) is 9.48 Å². The second-order valence-corrected chi connectivity index (χ2v) is 5.45. The molecule has 1 aliphatic carbocycles. The number of rotatable bonds is 3. The maximum atomic E-state index is 12.0. The third-order valence-electron chi connectivity index (χ3n) is 3.82. The number of carbonyl (C=O) groups excluding carboxylic acids is 1. The molecule has 0 saturated heterocycles. The van der Waals surface area contributed by atoms with Crippen LogP contribution < -0.4 is 4.74 Å². The summed E-state index contributed by atoms with van der Waals surface area (Å²) in [6.07, 6.45) is 3.28. The summed E-state index contributed by atoms with van der Waals surface area (Å²) in [5.41, 5.74) is 3.03. The zero-order chi connectivity index (χ0) is 14.1. The molecule has 1 aromatic carbocycles. The van der Waals surface area contributed by atoms with Gasteiger partial charge in [0.2, 0.25) is 0 Å². The van der Waals surface area contributed by atoms with E-state index in [0.717, 1.165) is 29.0 Å². The number of carbonyl (C=O) groups is 1. The smallest absolute Gasteiger partial charge is 0.166 e. The quantitative estimate of drug-likeness (QED) is 0.861. The summed E-state index contributed by atoms with van der Waals surface area (Å²) < 4.78 is 7.11. The predicted molar refractivity (Wildman–Crippen MR) is 76.1 cm³/mol. The Bertz CT molecular complexity index is 628. The van der Waals surface area contributed by atoms with Crippen molar-refractivity contribution in [3.05, 3.63) is 47.3 Å². The van der Waals surface area contributed by atoms with Crippen LogP contribution in [0, 0.1) is 5.92 Å². The summed E-state index contributed by atoms with van der Waals surface area (Å²) in [4.78, 5) is 12.0. The number of aromatic nitrogens is 2. The van der Waals surface area contributed by atoms with Gasteiger partial charge in [-0.1, -0.05) is 19.1 Å². The van der Waals surface area contributed by atoms with Crippen molar-refractivity contribution >= 4 is 5.78 Å². The Morgan fingerprint density at radius 1 is 1.30 bits per heavy atom. The summed E-state index contributed by atoms with van der Waals surface area (Å²) in [5.74, 6) is 1.47. The fraction of sp³-hybridized carbons (Fsp3) is 0.375. The van der Waals surface area contributed by atoms with Crippen molar-refractivity contribution in [1.82, 2.24) is 9.78 Å². The second kappa shape index (κ2) is 5.12. The first kappa shape index (κ1) is 12.9. The molecule has 0 N–H and O–H groups in total. The third kappa shape index (κ3) is 2.33. The number of hydrogen-bond donors (Lipinski definition) is 0. The lowest BCUT2D eigenvalue weighted by molar-refractivity contribution is 0.0952. The van der Waals surface area contributed by atoms with Gasteiger partial charge in [0.15, 0.2) is 5.78 Å². The van der Waals surface area contributed by atoms with E-state index >= 15 is 0 Å². The molecule has 0 saturated carbocycles. The number of fused-ring (bicyclic) bond motifs is 1. The number of ether oxygens (including phenoxy) is 1. The van der Waals surface area contributed by atoms with E-state index in [1.165, 1.54) is 0 Å². The standard InChI is InChI=1S/C16H18N2O2/c1-11-7-15-14(16(19)8-11)9-17-18(15)10-12-3-5-13(20-2)6-4-12/h3-6,9,11H,7-8,10H2,1-2H3/t11-/m0/s1. The molecule has 1 aromatic heterocycles.